The molecule has 1 aliphatic heterocycles. The zero-order valence-electron chi connectivity index (χ0n) is 13.5. The van der Waals surface area contributed by atoms with Crippen molar-refractivity contribution in [3.8, 4) is 0 Å². The van der Waals surface area contributed by atoms with Crippen LogP contribution >= 0.6 is 12.4 Å². The van der Waals surface area contributed by atoms with E-state index >= 15 is 0 Å². The summed E-state index contributed by atoms with van der Waals surface area (Å²) in [5.41, 5.74) is 8.14. The van der Waals surface area contributed by atoms with Gasteiger partial charge in [-0.25, -0.2) is 4.79 Å². The third-order valence-electron chi connectivity index (χ3n) is 4.43. The number of rotatable bonds is 4. The van der Waals surface area contributed by atoms with E-state index < -0.39 is 0 Å². The Bertz CT molecular complexity index is 636. The number of ether oxygens (including phenoxy) is 1. The molecule has 1 fully saturated rings. The van der Waals surface area contributed by atoms with Crippen molar-refractivity contribution in [2.45, 2.75) is 12.5 Å². The number of nitrogens with zero attached hydrogens (tertiary/aromatic N) is 1. The van der Waals surface area contributed by atoms with Crippen LogP contribution in [0.1, 0.15) is 17.0 Å². The molecule has 1 aliphatic rings. The SMILES string of the molecule is Cl.NC[C@H]1CN(C(=O)OCc2ccccc2)C[C@@H]1c1ccccc1. The van der Waals surface area contributed by atoms with E-state index in [1.165, 1.54) is 5.56 Å². The predicted octanol–water partition coefficient (Wildman–Crippen LogP) is 3.42. The third-order valence-corrected chi connectivity index (χ3v) is 4.43. The Kier molecular flexibility index (Phi) is 6.64. The Balaban J connectivity index is 0.00000208. The average Bonchev–Trinajstić information content (AvgIpc) is 3.06. The van der Waals surface area contributed by atoms with Gasteiger partial charge in [0, 0.05) is 19.0 Å². The molecule has 3 rings (SSSR count). The minimum atomic E-state index is -0.259. The summed E-state index contributed by atoms with van der Waals surface area (Å²) in [6.07, 6.45) is -0.259. The quantitative estimate of drug-likeness (QED) is 0.922. The molecule has 0 bridgehead atoms. The molecule has 2 atom stereocenters. The van der Waals surface area contributed by atoms with E-state index in [1.54, 1.807) is 4.90 Å². The number of amides is 1. The van der Waals surface area contributed by atoms with Gasteiger partial charge in [0.15, 0.2) is 0 Å². The van der Waals surface area contributed by atoms with Crippen molar-refractivity contribution in [2.24, 2.45) is 11.7 Å². The highest BCUT2D eigenvalue weighted by molar-refractivity contribution is 5.85. The molecule has 0 unspecified atom stereocenters. The lowest BCUT2D eigenvalue weighted by Gasteiger charge is -2.16. The van der Waals surface area contributed by atoms with E-state index in [4.69, 9.17) is 10.5 Å². The molecular formula is C19H23ClN2O2. The van der Waals surface area contributed by atoms with E-state index in [2.05, 4.69) is 12.1 Å². The van der Waals surface area contributed by atoms with Gasteiger partial charge in [-0.2, -0.15) is 0 Å². The molecule has 0 aliphatic carbocycles. The molecule has 2 aromatic carbocycles. The maximum atomic E-state index is 12.3. The summed E-state index contributed by atoms with van der Waals surface area (Å²) < 4.78 is 5.44. The number of benzene rings is 2. The molecule has 1 heterocycles. The van der Waals surface area contributed by atoms with Crippen LogP contribution in [0.2, 0.25) is 0 Å². The van der Waals surface area contributed by atoms with Gasteiger partial charge in [0.1, 0.15) is 6.61 Å². The highest BCUT2D eigenvalue weighted by Gasteiger charge is 2.35. The average molecular weight is 347 g/mol. The Morgan fingerprint density at radius 3 is 2.29 bits per heavy atom. The summed E-state index contributed by atoms with van der Waals surface area (Å²) in [4.78, 5) is 14.1. The number of carbonyl (C=O) groups excluding carboxylic acids is 1. The minimum Gasteiger partial charge on any atom is -0.445 e. The lowest BCUT2D eigenvalue weighted by Crippen LogP contribution is -2.30. The van der Waals surface area contributed by atoms with Gasteiger partial charge >= 0.3 is 6.09 Å². The maximum Gasteiger partial charge on any atom is 0.410 e. The lowest BCUT2D eigenvalue weighted by atomic mass is 9.89. The van der Waals surface area contributed by atoms with Gasteiger partial charge in [-0.15, -0.1) is 12.4 Å². The van der Waals surface area contributed by atoms with Crippen molar-refractivity contribution in [1.29, 1.82) is 0 Å². The Morgan fingerprint density at radius 1 is 1.04 bits per heavy atom. The molecule has 0 spiro atoms. The molecule has 4 nitrogen and oxygen atoms in total. The highest BCUT2D eigenvalue weighted by atomic mass is 35.5. The van der Waals surface area contributed by atoms with Crippen molar-refractivity contribution in [2.75, 3.05) is 19.6 Å². The fraction of sp³-hybridized carbons (Fsp3) is 0.316. The molecule has 24 heavy (non-hydrogen) atoms. The second-order valence-electron chi connectivity index (χ2n) is 5.96. The predicted molar refractivity (Wildman–Crippen MR) is 97.2 cm³/mol. The molecular weight excluding hydrogens is 324 g/mol. The van der Waals surface area contributed by atoms with E-state index in [0.29, 0.717) is 26.2 Å². The molecule has 0 aromatic heterocycles. The van der Waals surface area contributed by atoms with Crippen molar-refractivity contribution in [3.05, 3.63) is 71.8 Å². The summed E-state index contributed by atoms with van der Waals surface area (Å²) in [6.45, 7) is 2.20. The number of carbonyl (C=O) groups is 1. The Labute approximate surface area is 149 Å². The van der Waals surface area contributed by atoms with Gasteiger partial charge in [0.05, 0.1) is 0 Å². The smallest absolute Gasteiger partial charge is 0.410 e. The van der Waals surface area contributed by atoms with Crippen LogP contribution in [0, 0.1) is 5.92 Å². The number of halogens is 1. The Morgan fingerprint density at radius 2 is 1.67 bits per heavy atom. The van der Waals surface area contributed by atoms with Gasteiger partial charge in [-0.05, 0) is 23.6 Å². The van der Waals surface area contributed by atoms with E-state index in [0.717, 1.165) is 5.56 Å². The third kappa shape index (κ3) is 4.28. The van der Waals surface area contributed by atoms with Crippen LogP contribution in [0.3, 0.4) is 0 Å². The van der Waals surface area contributed by atoms with Gasteiger partial charge in [0.25, 0.3) is 0 Å². The zero-order chi connectivity index (χ0) is 16.1. The molecule has 1 amide bonds. The molecule has 2 aromatic rings. The second-order valence-corrected chi connectivity index (χ2v) is 5.96. The normalized spacial score (nSPS) is 19.6. The highest BCUT2D eigenvalue weighted by Crippen LogP contribution is 2.32. The van der Waals surface area contributed by atoms with Gasteiger partial charge in [0.2, 0.25) is 0 Å². The maximum absolute atomic E-state index is 12.3. The molecule has 2 N–H and O–H groups in total. The van der Waals surface area contributed by atoms with Crippen LogP contribution in [0.25, 0.3) is 0 Å². The van der Waals surface area contributed by atoms with Crippen molar-refractivity contribution in [3.63, 3.8) is 0 Å². The standard InChI is InChI=1S/C19H22N2O2.ClH/c20-11-17-12-21(13-18(17)16-9-5-2-6-10-16)19(22)23-14-15-7-3-1-4-8-15;/h1-10,17-18H,11-14,20H2;1H/t17-,18+;/m0./s1. The first-order valence-electron chi connectivity index (χ1n) is 7.98. The minimum absolute atomic E-state index is 0. The molecule has 0 radical (unpaired) electrons. The molecule has 0 saturated carbocycles. The van der Waals surface area contributed by atoms with Crippen LogP contribution < -0.4 is 5.73 Å². The summed E-state index contributed by atoms with van der Waals surface area (Å²) in [5, 5.41) is 0. The summed E-state index contributed by atoms with van der Waals surface area (Å²) in [6, 6.07) is 20.0. The fourth-order valence-corrected chi connectivity index (χ4v) is 3.15. The van der Waals surface area contributed by atoms with E-state index in [9.17, 15) is 4.79 Å². The molecule has 5 heteroatoms. The number of hydrogen-bond acceptors (Lipinski definition) is 3. The van der Waals surface area contributed by atoms with E-state index in [-0.39, 0.29) is 30.3 Å². The largest absolute Gasteiger partial charge is 0.445 e. The van der Waals surface area contributed by atoms with Gasteiger partial charge in [-0.1, -0.05) is 60.7 Å². The zero-order valence-corrected chi connectivity index (χ0v) is 14.3. The van der Waals surface area contributed by atoms with Crippen LogP contribution in [0.15, 0.2) is 60.7 Å². The summed E-state index contributed by atoms with van der Waals surface area (Å²) >= 11 is 0. The lowest BCUT2D eigenvalue weighted by molar-refractivity contribution is 0.103. The fourth-order valence-electron chi connectivity index (χ4n) is 3.15. The number of likely N-dealkylation sites (tertiary alicyclic amines) is 1. The topological polar surface area (TPSA) is 55.6 Å². The number of hydrogen-bond donors (Lipinski definition) is 1. The van der Waals surface area contributed by atoms with Crippen LogP contribution in [0.4, 0.5) is 4.79 Å². The molecule has 1 saturated heterocycles. The first kappa shape index (κ1) is 18.3. The van der Waals surface area contributed by atoms with Crippen LogP contribution in [-0.4, -0.2) is 30.6 Å². The Hall–Kier alpha value is -2.04. The van der Waals surface area contributed by atoms with E-state index in [1.807, 2.05) is 48.5 Å². The summed E-state index contributed by atoms with van der Waals surface area (Å²) in [7, 11) is 0. The van der Waals surface area contributed by atoms with Crippen molar-refractivity contribution < 1.29 is 9.53 Å². The summed E-state index contributed by atoms with van der Waals surface area (Å²) in [5.74, 6) is 0.562. The number of nitrogens with two attached hydrogens (primary N) is 1. The second kappa shape index (κ2) is 8.71. The monoisotopic (exact) mass is 346 g/mol. The first-order chi connectivity index (χ1) is 11.3. The van der Waals surface area contributed by atoms with Crippen molar-refractivity contribution in [1.82, 2.24) is 4.90 Å². The molecule has 128 valence electrons. The van der Waals surface area contributed by atoms with Gasteiger partial charge < -0.3 is 15.4 Å². The van der Waals surface area contributed by atoms with Crippen LogP contribution in [0.5, 0.6) is 0 Å². The van der Waals surface area contributed by atoms with Crippen molar-refractivity contribution >= 4 is 18.5 Å². The first-order valence-corrected chi connectivity index (χ1v) is 7.98. The van der Waals surface area contributed by atoms with Gasteiger partial charge in [-0.3, -0.25) is 0 Å². The van der Waals surface area contributed by atoms with Crippen LogP contribution in [-0.2, 0) is 11.3 Å².